The summed E-state index contributed by atoms with van der Waals surface area (Å²) in [6.07, 6.45) is 2.87. The van der Waals surface area contributed by atoms with Crippen molar-refractivity contribution in [1.29, 1.82) is 0 Å². The molecule has 0 saturated carbocycles. The van der Waals surface area contributed by atoms with E-state index >= 15 is 0 Å². The zero-order valence-electron chi connectivity index (χ0n) is 12.2. The second-order valence-corrected chi connectivity index (χ2v) is 6.98. The van der Waals surface area contributed by atoms with E-state index in [0.29, 0.717) is 5.41 Å². The van der Waals surface area contributed by atoms with Gasteiger partial charge >= 0.3 is 0 Å². The molecule has 1 saturated heterocycles. The second kappa shape index (κ2) is 5.65. The van der Waals surface area contributed by atoms with Gasteiger partial charge in [-0.1, -0.05) is 20.8 Å². The summed E-state index contributed by atoms with van der Waals surface area (Å²) >= 11 is 3.63. The van der Waals surface area contributed by atoms with Crippen molar-refractivity contribution in [3.05, 3.63) is 10.8 Å². The SMILES string of the molecule is CCNc1ncnc(N2CCC(C(C)(C)C)C2)c1Br. The maximum atomic E-state index is 4.45. The monoisotopic (exact) mass is 326 g/mol. The molecule has 0 spiro atoms. The first kappa shape index (κ1) is 14.6. The van der Waals surface area contributed by atoms with Gasteiger partial charge in [-0.15, -0.1) is 0 Å². The molecule has 2 heterocycles. The highest BCUT2D eigenvalue weighted by Gasteiger charge is 2.33. The minimum Gasteiger partial charge on any atom is -0.369 e. The van der Waals surface area contributed by atoms with Crippen molar-refractivity contribution in [2.24, 2.45) is 11.3 Å². The fourth-order valence-corrected chi connectivity index (χ4v) is 3.13. The van der Waals surface area contributed by atoms with Gasteiger partial charge in [-0.25, -0.2) is 9.97 Å². The predicted molar refractivity (Wildman–Crippen MR) is 83.7 cm³/mol. The van der Waals surface area contributed by atoms with Crippen molar-refractivity contribution < 1.29 is 0 Å². The summed E-state index contributed by atoms with van der Waals surface area (Å²) in [5.41, 5.74) is 0.360. The van der Waals surface area contributed by atoms with Crippen molar-refractivity contribution >= 4 is 27.6 Å². The maximum absolute atomic E-state index is 4.45. The molecule has 0 aliphatic carbocycles. The van der Waals surface area contributed by atoms with Crippen LogP contribution in [0, 0.1) is 11.3 Å². The Labute approximate surface area is 124 Å². The van der Waals surface area contributed by atoms with E-state index in [9.17, 15) is 0 Å². The first-order valence-electron chi connectivity index (χ1n) is 6.92. The number of nitrogens with one attached hydrogen (secondary N) is 1. The predicted octanol–water partition coefficient (Wildman–Crippen LogP) is 3.54. The number of nitrogens with zero attached hydrogens (tertiary/aromatic N) is 3. The lowest BCUT2D eigenvalue weighted by atomic mass is 9.80. The Kier molecular flexibility index (Phi) is 4.33. The molecule has 106 valence electrons. The molecule has 1 aromatic rings. The van der Waals surface area contributed by atoms with Crippen LogP contribution in [0.3, 0.4) is 0 Å². The Morgan fingerprint density at radius 3 is 2.74 bits per heavy atom. The van der Waals surface area contributed by atoms with E-state index in [1.807, 2.05) is 0 Å². The Morgan fingerprint density at radius 1 is 1.42 bits per heavy atom. The third kappa shape index (κ3) is 3.19. The summed E-state index contributed by atoms with van der Waals surface area (Å²) in [7, 11) is 0. The summed E-state index contributed by atoms with van der Waals surface area (Å²) in [6.45, 7) is 12.0. The van der Waals surface area contributed by atoms with Crippen LogP contribution in [0.15, 0.2) is 10.8 Å². The summed E-state index contributed by atoms with van der Waals surface area (Å²) < 4.78 is 0.978. The van der Waals surface area contributed by atoms with E-state index in [2.05, 4.69) is 63.8 Å². The molecule has 1 fully saturated rings. The lowest BCUT2D eigenvalue weighted by Gasteiger charge is -2.27. The summed E-state index contributed by atoms with van der Waals surface area (Å²) in [4.78, 5) is 11.1. The Balaban J connectivity index is 2.18. The molecular weight excluding hydrogens is 304 g/mol. The number of anilines is 2. The zero-order valence-corrected chi connectivity index (χ0v) is 13.8. The van der Waals surface area contributed by atoms with Crippen molar-refractivity contribution in [3.8, 4) is 0 Å². The normalized spacial score (nSPS) is 19.8. The highest BCUT2D eigenvalue weighted by Crippen LogP contribution is 2.38. The van der Waals surface area contributed by atoms with Gasteiger partial charge in [-0.05, 0) is 40.6 Å². The van der Waals surface area contributed by atoms with Crippen LogP contribution >= 0.6 is 15.9 Å². The van der Waals surface area contributed by atoms with Gasteiger partial charge in [0.05, 0.1) is 0 Å². The van der Waals surface area contributed by atoms with Crippen molar-refractivity contribution in [2.75, 3.05) is 29.9 Å². The topological polar surface area (TPSA) is 41.1 Å². The lowest BCUT2D eigenvalue weighted by molar-refractivity contribution is 0.263. The number of halogens is 1. The first-order valence-corrected chi connectivity index (χ1v) is 7.72. The third-order valence-corrected chi connectivity index (χ3v) is 4.56. The minimum atomic E-state index is 0.360. The molecule has 0 aromatic carbocycles. The molecule has 1 aliphatic heterocycles. The van der Waals surface area contributed by atoms with Gasteiger partial charge in [0.25, 0.3) is 0 Å². The van der Waals surface area contributed by atoms with Crippen molar-refractivity contribution in [2.45, 2.75) is 34.1 Å². The lowest BCUT2D eigenvalue weighted by Crippen LogP contribution is -2.26. The van der Waals surface area contributed by atoms with Crippen LogP contribution < -0.4 is 10.2 Å². The fraction of sp³-hybridized carbons (Fsp3) is 0.714. The van der Waals surface area contributed by atoms with Gasteiger partial charge in [-0.3, -0.25) is 0 Å². The number of hydrogen-bond acceptors (Lipinski definition) is 4. The Morgan fingerprint density at radius 2 is 2.16 bits per heavy atom. The molecule has 2 rings (SSSR count). The van der Waals surface area contributed by atoms with E-state index in [4.69, 9.17) is 0 Å². The van der Waals surface area contributed by atoms with Crippen molar-refractivity contribution in [3.63, 3.8) is 0 Å². The molecule has 19 heavy (non-hydrogen) atoms. The van der Waals surface area contributed by atoms with Crippen LogP contribution in [0.2, 0.25) is 0 Å². The van der Waals surface area contributed by atoms with Gasteiger partial charge in [0.1, 0.15) is 22.4 Å². The van der Waals surface area contributed by atoms with E-state index in [1.54, 1.807) is 6.33 Å². The molecular formula is C14H23BrN4. The van der Waals surface area contributed by atoms with E-state index < -0.39 is 0 Å². The molecule has 1 aromatic heterocycles. The minimum absolute atomic E-state index is 0.360. The van der Waals surface area contributed by atoms with Crippen LogP contribution in [0.25, 0.3) is 0 Å². The number of aromatic nitrogens is 2. The molecule has 0 amide bonds. The standard InChI is InChI=1S/C14H23BrN4/c1-5-16-12-11(15)13(18-9-17-12)19-7-6-10(8-19)14(2,3)4/h9-10H,5-8H2,1-4H3,(H,16,17,18). The van der Waals surface area contributed by atoms with Gasteiger partial charge in [0, 0.05) is 19.6 Å². The van der Waals surface area contributed by atoms with Crippen LogP contribution in [-0.4, -0.2) is 29.6 Å². The average molecular weight is 327 g/mol. The molecule has 1 aliphatic rings. The largest absolute Gasteiger partial charge is 0.369 e. The van der Waals surface area contributed by atoms with Crippen LogP contribution in [0.5, 0.6) is 0 Å². The molecule has 4 nitrogen and oxygen atoms in total. The van der Waals surface area contributed by atoms with Crippen LogP contribution in [-0.2, 0) is 0 Å². The summed E-state index contributed by atoms with van der Waals surface area (Å²) in [5, 5.41) is 3.26. The summed E-state index contributed by atoms with van der Waals surface area (Å²) in [6, 6.07) is 0. The third-order valence-electron chi connectivity index (χ3n) is 3.83. The zero-order chi connectivity index (χ0) is 14.0. The second-order valence-electron chi connectivity index (χ2n) is 6.19. The number of hydrogen-bond donors (Lipinski definition) is 1. The molecule has 1 N–H and O–H groups in total. The highest BCUT2D eigenvalue weighted by molar-refractivity contribution is 9.10. The van der Waals surface area contributed by atoms with E-state index in [1.165, 1.54) is 6.42 Å². The summed E-state index contributed by atoms with van der Waals surface area (Å²) in [5.74, 6) is 2.61. The van der Waals surface area contributed by atoms with Gasteiger partial charge in [0.2, 0.25) is 0 Å². The smallest absolute Gasteiger partial charge is 0.148 e. The van der Waals surface area contributed by atoms with E-state index in [0.717, 1.165) is 41.7 Å². The van der Waals surface area contributed by atoms with E-state index in [-0.39, 0.29) is 0 Å². The molecule has 0 bridgehead atoms. The van der Waals surface area contributed by atoms with Gasteiger partial charge in [0.15, 0.2) is 0 Å². The first-order chi connectivity index (χ1) is 8.93. The Bertz CT molecular complexity index is 442. The molecule has 5 heteroatoms. The van der Waals surface area contributed by atoms with Gasteiger partial charge < -0.3 is 10.2 Å². The quantitative estimate of drug-likeness (QED) is 0.922. The highest BCUT2D eigenvalue weighted by atomic mass is 79.9. The fourth-order valence-electron chi connectivity index (χ4n) is 2.53. The van der Waals surface area contributed by atoms with Gasteiger partial charge in [-0.2, -0.15) is 0 Å². The average Bonchev–Trinajstić information content (AvgIpc) is 2.81. The van der Waals surface area contributed by atoms with Crippen LogP contribution in [0.4, 0.5) is 11.6 Å². The molecule has 0 radical (unpaired) electrons. The Hall–Kier alpha value is -0.840. The molecule has 1 atom stereocenters. The molecule has 1 unspecified atom stereocenters. The maximum Gasteiger partial charge on any atom is 0.148 e. The number of rotatable bonds is 3. The van der Waals surface area contributed by atoms with Crippen LogP contribution in [0.1, 0.15) is 34.1 Å². The van der Waals surface area contributed by atoms with Crippen molar-refractivity contribution in [1.82, 2.24) is 9.97 Å².